The number of nitrogens with two attached hydrogens (primary N) is 1. The van der Waals surface area contributed by atoms with Crippen LogP contribution in [0.5, 0.6) is 0 Å². The molecule has 0 amide bonds. The molecule has 0 aliphatic rings. The summed E-state index contributed by atoms with van der Waals surface area (Å²) in [4.78, 5) is 14.6. The lowest BCUT2D eigenvalue weighted by molar-refractivity contribution is -0.138. The summed E-state index contributed by atoms with van der Waals surface area (Å²) in [6.07, 6.45) is 1.85. The maximum Gasteiger partial charge on any atom is 0.321 e. The normalized spacial score (nSPS) is 14.0. The Bertz CT molecular complexity index is 765. The predicted molar refractivity (Wildman–Crippen MR) is 82.2 cm³/mol. The van der Waals surface area contributed by atoms with E-state index in [1.165, 1.54) is 0 Å². The van der Waals surface area contributed by atoms with Gasteiger partial charge in [0.2, 0.25) is 0 Å². The summed E-state index contributed by atoms with van der Waals surface area (Å²) in [5.74, 6) is -1.39. The van der Waals surface area contributed by atoms with Crippen LogP contribution in [0.1, 0.15) is 17.0 Å². The van der Waals surface area contributed by atoms with Gasteiger partial charge in [0.05, 0.1) is 0 Å². The Morgan fingerprint density at radius 1 is 1.05 bits per heavy atom. The maximum absolute atomic E-state index is 11.4. The minimum Gasteiger partial charge on any atom is -0.480 e. The van der Waals surface area contributed by atoms with Crippen LogP contribution in [-0.4, -0.2) is 22.1 Å². The van der Waals surface area contributed by atoms with E-state index >= 15 is 0 Å². The molecule has 0 unspecified atom stereocenters. The quantitative estimate of drug-likeness (QED) is 0.687. The average molecular weight is 280 g/mol. The number of benzene rings is 2. The minimum atomic E-state index is -1.01. The Morgan fingerprint density at radius 2 is 1.71 bits per heavy atom. The number of aromatic amines is 1. The smallest absolute Gasteiger partial charge is 0.321 e. The molecule has 0 bridgehead atoms. The fraction of sp³-hybridized carbons (Fsp3) is 0.118. The van der Waals surface area contributed by atoms with Crippen LogP contribution in [0, 0.1) is 0 Å². The number of aromatic nitrogens is 1. The number of carboxylic acid groups (broad SMARTS) is 1. The van der Waals surface area contributed by atoms with Gasteiger partial charge in [-0.25, -0.2) is 0 Å². The fourth-order valence-corrected chi connectivity index (χ4v) is 2.73. The molecule has 0 fully saturated rings. The number of nitrogens with one attached hydrogen (secondary N) is 1. The molecule has 3 rings (SSSR count). The highest BCUT2D eigenvalue weighted by atomic mass is 16.4. The lowest BCUT2D eigenvalue weighted by Crippen LogP contribution is -2.37. The Balaban J connectivity index is 2.18. The van der Waals surface area contributed by atoms with Gasteiger partial charge in [0.1, 0.15) is 6.04 Å². The first-order chi connectivity index (χ1) is 10.2. The predicted octanol–water partition coefficient (Wildman–Crippen LogP) is 2.71. The molecule has 0 spiro atoms. The van der Waals surface area contributed by atoms with Crippen molar-refractivity contribution in [3.8, 4) is 0 Å². The number of rotatable bonds is 4. The van der Waals surface area contributed by atoms with Gasteiger partial charge in [-0.2, -0.15) is 0 Å². The number of carboxylic acids is 1. The summed E-state index contributed by atoms with van der Waals surface area (Å²) < 4.78 is 0. The highest BCUT2D eigenvalue weighted by molar-refractivity contribution is 5.86. The second kappa shape index (κ2) is 5.42. The first-order valence-corrected chi connectivity index (χ1v) is 6.78. The van der Waals surface area contributed by atoms with Crippen molar-refractivity contribution in [1.82, 2.24) is 4.98 Å². The van der Waals surface area contributed by atoms with Gasteiger partial charge < -0.3 is 15.8 Å². The lowest BCUT2D eigenvalue weighted by atomic mass is 9.85. The largest absolute Gasteiger partial charge is 0.480 e. The first kappa shape index (κ1) is 13.4. The Labute approximate surface area is 122 Å². The van der Waals surface area contributed by atoms with Crippen LogP contribution in [-0.2, 0) is 4.79 Å². The van der Waals surface area contributed by atoms with Crippen LogP contribution < -0.4 is 5.73 Å². The second-order valence-electron chi connectivity index (χ2n) is 5.04. The molecule has 106 valence electrons. The van der Waals surface area contributed by atoms with Gasteiger partial charge in [-0.15, -0.1) is 0 Å². The molecule has 0 saturated heterocycles. The topological polar surface area (TPSA) is 79.1 Å². The zero-order valence-corrected chi connectivity index (χ0v) is 11.4. The molecule has 0 aliphatic carbocycles. The van der Waals surface area contributed by atoms with Crippen molar-refractivity contribution in [3.05, 3.63) is 71.9 Å². The summed E-state index contributed by atoms with van der Waals surface area (Å²) in [5.41, 5.74) is 8.75. The fourth-order valence-electron chi connectivity index (χ4n) is 2.73. The van der Waals surface area contributed by atoms with Gasteiger partial charge in [-0.1, -0.05) is 48.5 Å². The van der Waals surface area contributed by atoms with Crippen LogP contribution >= 0.6 is 0 Å². The van der Waals surface area contributed by atoms with E-state index in [1.54, 1.807) is 0 Å². The molecule has 2 atom stereocenters. The Hall–Kier alpha value is -2.59. The van der Waals surface area contributed by atoms with Crippen molar-refractivity contribution < 1.29 is 9.90 Å². The lowest BCUT2D eigenvalue weighted by Gasteiger charge is -2.21. The van der Waals surface area contributed by atoms with Crippen LogP contribution in [0.2, 0.25) is 0 Å². The average Bonchev–Trinajstić information content (AvgIpc) is 2.93. The highest BCUT2D eigenvalue weighted by Gasteiger charge is 2.29. The third-order valence-corrected chi connectivity index (χ3v) is 3.76. The SMILES string of the molecule is N[C@@H](C(=O)O)[C@@H](c1ccccc1)c1c[nH]c2ccccc12. The monoisotopic (exact) mass is 280 g/mol. The van der Waals surface area contributed by atoms with E-state index in [1.807, 2.05) is 60.8 Å². The third kappa shape index (κ3) is 2.41. The third-order valence-electron chi connectivity index (χ3n) is 3.76. The summed E-state index contributed by atoms with van der Waals surface area (Å²) in [5, 5.41) is 10.4. The van der Waals surface area contributed by atoms with Gasteiger partial charge in [-0.05, 0) is 17.2 Å². The van der Waals surface area contributed by atoms with Crippen LogP contribution in [0.4, 0.5) is 0 Å². The summed E-state index contributed by atoms with van der Waals surface area (Å²) in [6, 6.07) is 16.3. The summed E-state index contributed by atoms with van der Waals surface area (Å²) >= 11 is 0. The molecule has 0 aliphatic heterocycles. The number of fused-ring (bicyclic) bond motifs is 1. The van der Waals surface area contributed by atoms with Crippen LogP contribution in [0.3, 0.4) is 0 Å². The minimum absolute atomic E-state index is 0.389. The summed E-state index contributed by atoms with van der Waals surface area (Å²) in [6.45, 7) is 0. The van der Waals surface area contributed by atoms with Gasteiger partial charge >= 0.3 is 5.97 Å². The molecule has 0 radical (unpaired) electrons. The molecule has 1 aromatic heterocycles. The molecular formula is C17H16N2O2. The molecule has 1 heterocycles. The van der Waals surface area contributed by atoms with E-state index in [9.17, 15) is 9.90 Å². The van der Waals surface area contributed by atoms with E-state index in [-0.39, 0.29) is 5.92 Å². The Kier molecular flexibility index (Phi) is 3.46. The molecule has 2 aromatic carbocycles. The summed E-state index contributed by atoms with van der Waals surface area (Å²) in [7, 11) is 0. The number of carbonyl (C=O) groups is 1. The molecular weight excluding hydrogens is 264 g/mol. The van der Waals surface area contributed by atoms with E-state index in [0.29, 0.717) is 0 Å². The van der Waals surface area contributed by atoms with Crippen molar-refractivity contribution in [2.24, 2.45) is 5.73 Å². The zero-order chi connectivity index (χ0) is 14.8. The molecule has 4 nitrogen and oxygen atoms in total. The van der Waals surface area contributed by atoms with Crippen molar-refractivity contribution in [3.63, 3.8) is 0 Å². The van der Waals surface area contributed by atoms with Crippen molar-refractivity contribution in [1.29, 1.82) is 0 Å². The van der Waals surface area contributed by atoms with Gasteiger partial charge in [0, 0.05) is 23.0 Å². The molecule has 3 aromatic rings. The number of hydrogen-bond donors (Lipinski definition) is 3. The van der Waals surface area contributed by atoms with Crippen molar-refractivity contribution in [2.45, 2.75) is 12.0 Å². The highest BCUT2D eigenvalue weighted by Crippen LogP contribution is 2.32. The molecule has 4 heteroatoms. The van der Waals surface area contributed by atoms with Gasteiger partial charge in [-0.3, -0.25) is 4.79 Å². The second-order valence-corrected chi connectivity index (χ2v) is 5.04. The Morgan fingerprint density at radius 3 is 2.43 bits per heavy atom. The standard InChI is InChI=1S/C17H16N2O2/c18-16(17(20)21)15(11-6-2-1-3-7-11)13-10-19-14-9-5-4-8-12(13)14/h1-10,15-16,19H,18H2,(H,20,21)/t15-,16+/m0/s1. The van der Waals surface area contributed by atoms with E-state index in [4.69, 9.17) is 5.73 Å². The van der Waals surface area contributed by atoms with E-state index in [0.717, 1.165) is 22.0 Å². The molecule has 21 heavy (non-hydrogen) atoms. The first-order valence-electron chi connectivity index (χ1n) is 6.78. The molecule has 0 saturated carbocycles. The van der Waals surface area contributed by atoms with E-state index < -0.39 is 12.0 Å². The van der Waals surface area contributed by atoms with E-state index in [2.05, 4.69) is 4.98 Å². The van der Waals surface area contributed by atoms with Crippen molar-refractivity contribution in [2.75, 3.05) is 0 Å². The van der Waals surface area contributed by atoms with Crippen LogP contribution in [0.25, 0.3) is 10.9 Å². The number of hydrogen-bond acceptors (Lipinski definition) is 2. The van der Waals surface area contributed by atoms with Gasteiger partial charge in [0.15, 0.2) is 0 Å². The number of para-hydroxylation sites is 1. The molecule has 4 N–H and O–H groups in total. The van der Waals surface area contributed by atoms with Gasteiger partial charge in [0.25, 0.3) is 0 Å². The number of H-pyrrole nitrogens is 1. The van der Waals surface area contributed by atoms with Crippen LogP contribution in [0.15, 0.2) is 60.8 Å². The number of aliphatic carboxylic acids is 1. The van der Waals surface area contributed by atoms with Crippen molar-refractivity contribution >= 4 is 16.9 Å². The zero-order valence-electron chi connectivity index (χ0n) is 11.4. The maximum atomic E-state index is 11.4.